The van der Waals surface area contributed by atoms with Crippen LogP contribution in [0.1, 0.15) is 22.9 Å². The van der Waals surface area contributed by atoms with Crippen LogP contribution in [0.4, 0.5) is 0 Å². The van der Waals surface area contributed by atoms with Crippen molar-refractivity contribution in [3.05, 3.63) is 69.0 Å². The maximum atomic E-state index is 12.5. The zero-order valence-corrected chi connectivity index (χ0v) is 14.7. The summed E-state index contributed by atoms with van der Waals surface area (Å²) in [6.45, 7) is 3.91. The molecule has 3 aromatic rings. The molecule has 5 rings (SSSR count). The van der Waals surface area contributed by atoms with Crippen LogP contribution in [0.25, 0.3) is 11.3 Å². The van der Waals surface area contributed by atoms with Gasteiger partial charge in [-0.1, -0.05) is 6.07 Å². The summed E-state index contributed by atoms with van der Waals surface area (Å²) < 4.78 is 7.65. The van der Waals surface area contributed by atoms with E-state index in [9.17, 15) is 4.79 Å². The highest BCUT2D eigenvalue weighted by molar-refractivity contribution is 7.09. The highest BCUT2D eigenvalue weighted by Gasteiger charge is 2.36. The van der Waals surface area contributed by atoms with Crippen molar-refractivity contribution in [2.45, 2.75) is 25.4 Å². The van der Waals surface area contributed by atoms with Gasteiger partial charge >= 0.3 is 0 Å². The summed E-state index contributed by atoms with van der Waals surface area (Å²) in [5.74, 6) is 1.80. The summed E-state index contributed by atoms with van der Waals surface area (Å²) in [5, 5.41) is 2.14. The zero-order chi connectivity index (χ0) is 16.8. The molecule has 0 unspecified atom stereocenters. The van der Waals surface area contributed by atoms with Crippen LogP contribution in [0.2, 0.25) is 0 Å². The highest BCUT2D eigenvalue weighted by Crippen LogP contribution is 2.40. The minimum Gasteiger partial charge on any atom is -0.464 e. The number of likely N-dealkylation sites (tertiary alicyclic amines) is 1. The molecular formula is C20H20N2O2S. The van der Waals surface area contributed by atoms with Gasteiger partial charge in [-0.3, -0.25) is 9.69 Å². The van der Waals surface area contributed by atoms with Gasteiger partial charge in [-0.05, 0) is 42.0 Å². The quantitative estimate of drug-likeness (QED) is 0.720. The molecule has 3 aromatic heterocycles. The van der Waals surface area contributed by atoms with Crippen molar-refractivity contribution in [1.29, 1.82) is 0 Å². The van der Waals surface area contributed by atoms with Gasteiger partial charge in [0, 0.05) is 54.3 Å². The fourth-order valence-electron chi connectivity index (χ4n) is 4.51. The van der Waals surface area contributed by atoms with Gasteiger partial charge in [0.25, 0.3) is 5.56 Å². The number of hydrogen-bond acceptors (Lipinski definition) is 4. The molecule has 0 aliphatic carbocycles. The molecule has 1 saturated heterocycles. The van der Waals surface area contributed by atoms with E-state index >= 15 is 0 Å². The standard InChI is InChI=1S/C20H20N2O2S/c23-19-6-5-17(18-4-1-7-24-18)20-15-9-14(11-22(19)20)10-21(12-15)13-16-3-2-8-25-16/h1-8,14-15H,9-13H2/t14-,15-/m0/s1. The number of thiophene rings is 1. The number of pyridine rings is 1. The first-order valence-electron chi connectivity index (χ1n) is 8.80. The molecule has 4 nitrogen and oxygen atoms in total. The minimum atomic E-state index is 0.117. The molecule has 2 bridgehead atoms. The number of nitrogens with zero attached hydrogens (tertiary/aromatic N) is 2. The molecule has 2 atom stereocenters. The van der Waals surface area contributed by atoms with E-state index in [0.717, 1.165) is 49.6 Å². The average molecular weight is 352 g/mol. The maximum absolute atomic E-state index is 12.5. The van der Waals surface area contributed by atoms with E-state index in [1.807, 2.05) is 34.1 Å². The topological polar surface area (TPSA) is 38.4 Å². The van der Waals surface area contributed by atoms with Crippen LogP contribution < -0.4 is 5.56 Å². The van der Waals surface area contributed by atoms with E-state index in [1.165, 1.54) is 4.88 Å². The number of piperidine rings is 1. The fraction of sp³-hybridized carbons (Fsp3) is 0.350. The van der Waals surface area contributed by atoms with Crippen molar-refractivity contribution in [3.8, 4) is 11.3 Å². The van der Waals surface area contributed by atoms with Crippen LogP contribution in [0.3, 0.4) is 0 Å². The van der Waals surface area contributed by atoms with Crippen molar-refractivity contribution >= 4 is 11.3 Å². The van der Waals surface area contributed by atoms with Crippen LogP contribution >= 0.6 is 11.3 Å². The molecular weight excluding hydrogens is 332 g/mol. The van der Waals surface area contributed by atoms with E-state index in [-0.39, 0.29) is 5.56 Å². The maximum Gasteiger partial charge on any atom is 0.250 e. The lowest BCUT2D eigenvalue weighted by Crippen LogP contribution is -2.46. The van der Waals surface area contributed by atoms with Crippen LogP contribution in [-0.4, -0.2) is 22.6 Å². The molecule has 0 amide bonds. The first-order valence-corrected chi connectivity index (χ1v) is 9.68. The number of hydrogen-bond donors (Lipinski definition) is 0. The molecule has 0 saturated carbocycles. The number of rotatable bonds is 3. The van der Waals surface area contributed by atoms with Crippen molar-refractivity contribution in [2.24, 2.45) is 5.92 Å². The molecule has 2 aliphatic heterocycles. The molecule has 1 fully saturated rings. The molecule has 0 aromatic carbocycles. The third-order valence-corrected chi connectivity index (χ3v) is 6.27. The van der Waals surface area contributed by atoms with Crippen LogP contribution in [0, 0.1) is 5.92 Å². The molecule has 0 N–H and O–H groups in total. The summed E-state index contributed by atoms with van der Waals surface area (Å²) in [7, 11) is 0. The Bertz CT molecular complexity index is 927. The zero-order valence-electron chi connectivity index (χ0n) is 13.9. The fourth-order valence-corrected chi connectivity index (χ4v) is 5.25. The first kappa shape index (κ1) is 15.2. The third-order valence-electron chi connectivity index (χ3n) is 5.41. The number of aromatic nitrogens is 1. The average Bonchev–Trinajstić information content (AvgIpc) is 3.29. The van der Waals surface area contributed by atoms with E-state index in [1.54, 1.807) is 12.3 Å². The molecule has 5 heteroatoms. The van der Waals surface area contributed by atoms with Gasteiger partial charge in [-0.15, -0.1) is 11.3 Å². The first-order chi connectivity index (χ1) is 12.3. The van der Waals surface area contributed by atoms with Crippen molar-refractivity contribution in [3.63, 3.8) is 0 Å². The Morgan fingerprint density at radius 2 is 2.08 bits per heavy atom. The number of furan rings is 1. The van der Waals surface area contributed by atoms with Crippen molar-refractivity contribution < 1.29 is 4.42 Å². The van der Waals surface area contributed by atoms with E-state index in [2.05, 4.69) is 22.4 Å². The van der Waals surface area contributed by atoms with Gasteiger partial charge < -0.3 is 8.98 Å². The normalized spacial score (nSPS) is 22.7. The van der Waals surface area contributed by atoms with Crippen LogP contribution in [0.5, 0.6) is 0 Å². The van der Waals surface area contributed by atoms with E-state index in [4.69, 9.17) is 4.42 Å². The van der Waals surface area contributed by atoms with Gasteiger partial charge in [-0.2, -0.15) is 0 Å². The SMILES string of the molecule is O=c1ccc(-c2ccco2)c2n1C[C@H]1C[C@H]2CN(Cc2cccs2)C1. The molecule has 5 heterocycles. The highest BCUT2D eigenvalue weighted by atomic mass is 32.1. The molecule has 2 aliphatic rings. The summed E-state index contributed by atoms with van der Waals surface area (Å²) in [6.07, 6.45) is 2.87. The Kier molecular flexibility index (Phi) is 3.64. The number of fused-ring (bicyclic) bond motifs is 4. The molecule has 25 heavy (non-hydrogen) atoms. The van der Waals surface area contributed by atoms with Crippen molar-refractivity contribution in [2.75, 3.05) is 13.1 Å². The van der Waals surface area contributed by atoms with Crippen molar-refractivity contribution in [1.82, 2.24) is 9.47 Å². The summed E-state index contributed by atoms with van der Waals surface area (Å²) in [5.41, 5.74) is 2.35. The third kappa shape index (κ3) is 2.68. The van der Waals surface area contributed by atoms with Crippen LogP contribution in [-0.2, 0) is 13.1 Å². The second kappa shape index (κ2) is 6.00. The summed E-state index contributed by atoms with van der Waals surface area (Å²) in [6, 6.07) is 11.8. The molecule has 0 radical (unpaired) electrons. The lowest BCUT2D eigenvalue weighted by molar-refractivity contribution is 0.115. The Morgan fingerprint density at radius 1 is 1.12 bits per heavy atom. The monoisotopic (exact) mass is 352 g/mol. The minimum absolute atomic E-state index is 0.117. The van der Waals surface area contributed by atoms with Gasteiger partial charge in [0.05, 0.1) is 6.26 Å². The van der Waals surface area contributed by atoms with Crippen LogP contribution in [0.15, 0.2) is 57.3 Å². The van der Waals surface area contributed by atoms with Gasteiger partial charge in [0.15, 0.2) is 0 Å². The summed E-state index contributed by atoms with van der Waals surface area (Å²) in [4.78, 5) is 16.4. The Morgan fingerprint density at radius 3 is 2.88 bits per heavy atom. The Hall–Kier alpha value is -2.11. The van der Waals surface area contributed by atoms with Gasteiger partial charge in [-0.25, -0.2) is 0 Å². The Balaban J connectivity index is 1.53. The second-order valence-corrected chi connectivity index (χ2v) is 8.16. The Labute approximate surface area is 150 Å². The smallest absolute Gasteiger partial charge is 0.250 e. The molecule has 0 spiro atoms. The lowest BCUT2D eigenvalue weighted by atomic mass is 9.81. The molecule has 128 valence electrons. The lowest BCUT2D eigenvalue weighted by Gasteiger charge is -2.43. The predicted molar refractivity (Wildman–Crippen MR) is 98.8 cm³/mol. The predicted octanol–water partition coefficient (Wildman–Crippen LogP) is 3.79. The van der Waals surface area contributed by atoms with Gasteiger partial charge in [0.1, 0.15) is 5.76 Å². The summed E-state index contributed by atoms with van der Waals surface area (Å²) >= 11 is 1.82. The van der Waals surface area contributed by atoms with Gasteiger partial charge in [0.2, 0.25) is 0 Å². The van der Waals surface area contributed by atoms with E-state index < -0.39 is 0 Å². The van der Waals surface area contributed by atoms with E-state index in [0.29, 0.717) is 11.8 Å². The largest absolute Gasteiger partial charge is 0.464 e. The second-order valence-electron chi connectivity index (χ2n) is 7.13.